The molecule has 0 amide bonds. The van der Waals surface area contributed by atoms with Gasteiger partial charge in [0.05, 0.1) is 23.7 Å². The van der Waals surface area contributed by atoms with E-state index in [1.807, 2.05) is 66.4 Å². The van der Waals surface area contributed by atoms with Crippen LogP contribution in [-0.2, 0) is 5.75 Å². The molecular formula is C29H30N2O3S. The van der Waals surface area contributed by atoms with Crippen molar-refractivity contribution in [3.63, 3.8) is 0 Å². The van der Waals surface area contributed by atoms with Crippen molar-refractivity contribution in [2.24, 2.45) is 0 Å². The number of fused-ring (bicyclic) bond motifs is 1. The molecule has 1 aliphatic heterocycles. The second kappa shape index (κ2) is 11.0. The summed E-state index contributed by atoms with van der Waals surface area (Å²) in [6.45, 7) is 5.15. The molecule has 5 rings (SSSR count). The summed E-state index contributed by atoms with van der Waals surface area (Å²) in [5, 5.41) is 0.650. The highest BCUT2D eigenvalue weighted by Gasteiger charge is 2.19. The molecule has 0 bridgehead atoms. The van der Waals surface area contributed by atoms with Gasteiger partial charge in [-0.3, -0.25) is 9.69 Å². The smallest absolute Gasteiger partial charge is 0.200 e. The van der Waals surface area contributed by atoms with Crippen LogP contribution < -0.4 is 15.1 Å². The van der Waals surface area contributed by atoms with E-state index in [0.29, 0.717) is 16.5 Å². The van der Waals surface area contributed by atoms with Crippen LogP contribution in [0.2, 0.25) is 0 Å². The van der Waals surface area contributed by atoms with E-state index < -0.39 is 0 Å². The van der Waals surface area contributed by atoms with Crippen LogP contribution in [0.5, 0.6) is 5.75 Å². The van der Waals surface area contributed by atoms with Gasteiger partial charge in [0, 0.05) is 49.8 Å². The molecular weight excluding hydrogens is 456 g/mol. The Kier molecular flexibility index (Phi) is 7.40. The highest BCUT2D eigenvalue weighted by molar-refractivity contribution is 7.98. The Labute approximate surface area is 210 Å². The van der Waals surface area contributed by atoms with Crippen molar-refractivity contribution in [3.8, 4) is 16.9 Å². The fourth-order valence-electron chi connectivity index (χ4n) is 4.63. The molecule has 4 aromatic rings. The molecule has 180 valence electrons. The van der Waals surface area contributed by atoms with Gasteiger partial charge in [0.25, 0.3) is 0 Å². The molecule has 0 N–H and O–H groups in total. The van der Waals surface area contributed by atoms with E-state index in [-0.39, 0.29) is 5.43 Å². The maximum absolute atomic E-state index is 13.1. The Hall–Kier alpha value is -3.22. The summed E-state index contributed by atoms with van der Waals surface area (Å²) < 4.78 is 11.5. The Morgan fingerprint density at radius 3 is 2.49 bits per heavy atom. The fraction of sp³-hybridized carbons (Fsp3) is 0.276. The zero-order valence-corrected chi connectivity index (χ0v) is 20.8. The Morgan fingerprint density at radius 2 is 1.69 bits per heavy atom. The zero-order valence-electron chi connectivity index (χ0n) is 20.0. The Bertz CT molecular complexity index is 1330. The Balaban J connectivity index is 1.16. The van der Waals surface area contributed by atoms with Crippen LogP contribution in [0.25, 0.3) is 22.1 Å². The first-order valence-corrected chi connectivity index (χ1v) is 13.2. The lowest BCUT2D eigenvalue weighted by Crippen LogP contribution is -2.47. The minimum absolute atomic E-state index is 0.0252. The molecule has 0 aliphatic carbocycles. The molecule has 1 aliphatic rings. The second-order valence-electron chi connectivity index (χ2n) is 8.69. The van der Waals surface area contributed by atoms with Gasteiger partial charge in [-0.1, -0.05) is 54.6 Å². The lowest BCUT2D eigenvalue weighted by Gasteiger charge is -2.36. The summed E-state index contributed by atoms with van der Waals surface area (Å²) in [6, 6.07) is 23.8. The molecule has 6 heteroatoms. The first kappa shape index (κ1) is 23.5. The molecule has 35 heavy (non-hydrogen) atoms. The largest absolute Gasteiger partial charge is 0.495 e. The van der Waals surface area contributed by atoms with Crippen LogP contribution >= 0.6 is 11.8 Å². The minimum atomic E-state index is 0.0252. The molecule has 0 spiro atoms. The molecule has 1 saturated heterocycles. The van der Waals surface area contributed by atoms with Crippen LogP contribution in [0.1, 0.15) is 5.56 Å². The summed E-state index contributed by atoms with van der Waals surface area (Å²) in [5.41, 5.74) is 4.47. The third kappa shape index (κ3) is 5.24. The maximum atomic E-state index is 13.1. The van der Waals surface area contributed by atoms with E-state index in [2.05, 4.69) is 28.0 Å². The first-order chi connectivity index (χ1) is 17.2. The Morgan fingerprint density at radius 1 is 0.914 bits per heavy atom. The summed E-state index contributed by atoms with van der Waals surface area (Å²) >= 11 is 1.89. The molecule has 1 aromatic heterocycles. The van der Waals surface area contributed by atoms with E-state index in [1.165, 1.54) is 5.69 Å². The van der Waals surface area contributed by atoms with Crippen molar-refractivity contribution in [1.82, 2.24) is 4.90 Å². The summed E-state index contributed by atoms with van der Waals surface area (Å²) in [5.74, 6) is 2.80. The van der Waals surface area contributed by atoms with Gasteiger partial charge in [0.1, 0.15) is 17.6 Å². The highest BCUT2D eigenvalue weighted by atomic mass is 32.2. The van der Waals surface area contributed by atoms with Crippen LogP contribution in [0.3, 0.4) is 0 Å². The topological polar surface area (TPSA) is 45.9 Å². The molecule has 0 unspecified atom stereocenters. The number of para-hydroxylation sites is 3. The number of ether oxygens (including phenoxy) is 1. The molecule has 0 saturated carbocycles. The summed E-state index contributed by atoms with van der Waals surface area (Å²) in [7, 11) is 1.73. The van der Waals surface area contributed by atoms with Crippen molar-refractivity contribution in [1.29, 1.82) is 0 Å². The van der Waals surface area contributed by atoms with Gasteiger partial charge < -0.3 is 14.1 Å². The molecule has 3 aromatic carbocycles. The molecule has 0 radical (unpaired) electrons. The lowest BCUT2D eigenvalue weighted by molar-refractivity contribution is 0.272. The van der Waals surface area contributed by atoms with E-state index in [4.69, 9.17) is 9.15 Å². The summed E-state index contributed by atoms with van der Waals surface area (Å²) in [6.07, 6.45) is 1.61. The number of hydrogen-bond acceptors (Lipinski definition) is 6. The zero-order chi connectivity index (χ0) is 24.0. The number of hydrogen-bond donors (Lipinski definition) is 0. The van der Waals surface area contributed by atoms with Crippen molar-refractivity contribution in [2.45, 2.75) is 5.75 Å². The fourth-order valence-corrected chi connectivity index (χ4v) is 5.61. The molecule has 5 nitrogen and oxygen atoms in total. The van der Waals surface area contributed by atoms with Crippen molar-refractivity contribution in [2.75, 3.05) is 50.5 Å². The van der Waals surface area contributed by atoms with Gasteiger partial charge in [-0.25, -0.2) is 0 Å². The van der Waals surface area contributed by atoms with E-state index >= 15 is 0 Å². The number of piperazine rings is 1. The summed E-state index contributed by atoms with van der Waals surface area (Å²) in [4.78, 5) is 18.0. The number of thioether (sulfide) groups is 1. The third-order valence-electron chi connectivity index (χ3n) is 6.57. The van der Waals surface area contributed by atoms with Gasteiger partial charge >= 0.3 is 0 Å². The van der Waals surface area contributed by atoms with Crippen molar-refractivity contribution in [3.05, 3.63) is 94.8 Å². The van der Waals surface area contributed by atoms with Crippen LogP contribution in [0.15, 0.2) is 88.3 Å². The standard InChI is InChI=1S/C29H30N2O3S/c1-33-27-13-6-5-12-26(27)31-16-14-30(15-17-31)18-19-35-21-23-10-7-11-24-28(32)25(20-34-29(23)24)22-8-3-2-4-9-22/h2-13,20H,14-19,21H2,1H3. The van der Waals surface area contributed by atoms with Crippen molar-refractivity contribution >= 4 is 28.4 Å². The SMILES string of the molecule is COc1ccccc1N1CCN(CCSCc2cccc3c(=O)c(-c4ccccc4)coc23)CC1. The average molecular weight is 487 g/mol. The third-order valence-corrected chi connectivity index (χ3v) is 7.56. The van der Waals surface area contributed by atoms with Gasteiger partial charge in [-0.2, -0.15) is 11.8 Å². The monoisotopic (exact) mass is 486 g/mol. The normalized spacial score (nSPS) is 14.4. The number of rotatable bonds is 8. The highest BCUT2D eigenvalue weighted by Crippen LogP contribution is 2.29. The number of methoxy groups -OCH3 is 1. The lowest BCUT2D eigenvalue weighted by atomic mass is 10.0. The number of anilines is 1. The average Bonchev–Trinajstić information content (AvgIpc) is 2.92. The van der Waals surface area contributed by atoms with E-state index in [9.17, 15) is 4.79 Å². The minimum Gasteiger partial charge on any atom is -0.495 e. The van der Waals surface area contributed by atoms with Crippen LogP contribution in [0, 0.1) is 0 Å². The predicted octanol–water partition coefficient (Wildman–Crippen LogP) is 5.52. The van der Waals surface area contributed by atoms with Gasteiger partial charge in [-0.05, 0) is 23.8 Å². The van der Waals surface area contributed by atoms with E-state index in [0.717, 1.165) is 61.1 Å². The van der Waals surface area contributed by atoms with Crippen LogP contribution in [0.4, 0.5) is 5.69 Å². The number of nitrogens with zero attached hydrogens (tertiary/aromatic N) is 2. The molecule has 2 heterocycles. The van der Waals surface area contributed by atoms with E-state index in [1.54, 1.807) is 13.4 Å². The molecule has 1 fully saturated rings. The number of benzene rings is 3. The van der Waals surface area contributed by atoms with Gasteiger partial charge in [0.2, 0.25) is 0 Å². The van der Waals surface area contributed by atoms with Crippen LogP contribution in [-0.4, -0.2) is 50.5 Å². The van der Waals surface area contributed by atoms with Gasteiger partial charge in [-0.15, -0.1) is 0 Å². The molecule has 0 atom stereocenters. The second-order valence-corrected chi connectivity index (χ2v) is 9.80. The quantitative estimate of drug-likeness (QED) is 0.306. The first-order valence-electron chi connectivity index (χ1n) is 12.0. The van der Waals surface area contributed by atoms with Crippen molar-refractivity contribution < 1.29 is 9.15 Å². The predicted molar refractivity (Wildman–Crippen MR) is 146 cm³/mol. The maximum Gasteiger partial charge on any atom is 0.200 e. The van der Waals surface area contributed by atoms with Gasteiger partial charge in [0.15, 0.2) is 5.43 Å².